The van der Waals surface area contributed by atoms with Crippen LogP contribution in [0.1, 0.15) is 29.0 Å². The smallest absolute Gasteiger partial charge is 0.243 e. The number of aliphatic hydroxyl groups excluding tert-OH is 1. The number of β-amino-alcohol motifs (C(OH)–C–C–N with tert-alkyl or cyclic N) is 1. The SMILES string of the molecule is Cc1cc(CC(=O)N2C[C@H](O)C[C@H]2C(=O)NCc2ccc(C#N)cc2)on1. The monoisotopic (exact) mass is 368 g/mol. The van der Waals surface area contributed by atoms with Gasteiger partial charge in [0.1, 0.15) is 11.8 Å². The Labute approximate surface area is 156 Å². The molecule has 2 N–H and O–H groups in total. The highest BCUT2D eigenvalue weighted by molar-refractivity contribution is 5.89. The molecule has 1 aromatic heterocycles. The van der Waals surface area contributed by atoms with Crippen LogP contribution in [0.2, 0.25) is 0 Å². The fraction of sp³-hybridized carbons (Fsp3) is 0.368. The fourth-order valence-corrected chi connectivity index (χ4v) is 3.09. The van der Waals surface area contributed by atoms with E-state index < -0.39 is 12.1 Å². The van der Waals surface area contributed by atoms with Gasteiger partial charge in [0.25, 0.3) is 0 Å². The number of nitrogens with one attached hydrogen (secondary N) is 1. The van der Waals surface area contributed by atoms with Crippen LogP contribution >= 0.6 is 0 Å². The highest BCUT2D eigenvalue weighted by Crippen LogP contribution is 2.20. The van der Waals surface area contributed by atoms with E-state index in [1.54, 1.807) is 37.3 Å². The standard InChI is InChI=1S/C19H20N4O4/c1-12-6-16(27-22-12)8-18(25)23-11-15(24)7-17(23)19(26)21-10-14-4-2-13(9-20)3-5-14/h2-6,15,17,24H,7-8,10-11H2,1H3,(H,21,26)/t15-,17+/m1/s1. The first-order valence-electron chi connectivity index (χ1n) is 8.62. The van der Waals surface area contributed by atoms with Gasteiger partial charge in [-0.2, -0.15) is 5.26 Å². The molecular weight excluding hydrogens is 348 g/mol. The van der Waals surface area contributed by atoms with Gasteiger partial charge < -0.3 is 19.8 Å². The number of aliphatic hydroxyl groups is 1. The number of hydrogen-bond acceptors (Lipinski definition) is 6. The van der Waals surface area contributed by atoms with Crippen LogP contribution in [0.3, 0.4) is 0 Å². The minimum atomic E-state index is -0.740. The second kappa shape index (κ2) is 8.01. The van der Waals surface area contributed by atoms with Crippen molar-refractivity contribution in [1.29, 1.82) is 5.26 Å². The van der Waals surface area contributed by atoms with Crippen LogP contribution in [0.4, 0.5) is 0 Å². The third-order valence-electron chi connectivity index (χ3n) is 4.45. The fourth-order valence-electron chi connectivity index (χ4n) is 3.09. The summed E-state index contributed by atoms with van der Waals surface area (Å²) in [6, 6.07) is 9.86. The summed E-state index contributed by atoms with van der Waals surface area (Å²) in [7, 11) is 0. The van der Waals surface area contributed by atoms with Crippen molar-refractivity contribution in [2.75, 3.05) is 6.54 Å². The minimum absolute atomic E-state index is 0.00698. The second-order valence-electron chi connectivity index (χ2n) is 6.59. The number of carbonyl (C=O) groups excluding carboxylic acids is 2. The molecule has 3 rings (SSSR count). The number of benzene rings is 1. The quantitative estimate of drug-likeness (QED) is 0.801. The molecule has 1 aromatic carbocycles. The molecule has 1 aliphatic rings. The number of likely N-dealkylation sites (tertiary alicyclic amines) is 1. The number of amides is 2. The summed E-state index contributed by atoms with van der Waals surface area (Å²) in [6.07, 6.45) is -0.552. The van der Waals surface area contributed by atoms with Gasteiger partial charge in [-0.15, -0.1) is 0 Å². The maximum Gasteiger partial charge on any atom is 0.243 e. The van der Waals surface area contributed by atoms with Crippen molar-refractivity contribution < 1.29 is 19.2 Å². The summed E-state index contributed by atoms with van der Waals surface area (Å²) in [5.74, 6) is -0.185. The average molecular weight is 368 g/mol. The Morgan fingerprint density at radius 1 is 1.41 bits per heavy atom. The average Bonchev–Trinajstić information content (AvgIpc) is 3.25. The topological polar surface area (TPSA) is 119 Å². The highest BCUT2D eigenvalue weighted by atomic mass is 16.5. The lowest BCUT2D eigenvalue weighted by molar-refractivity contribution is -0.138. The van der Waals surface area contributed by atoms with Crippen LogP contribution in [0.15, 0.2) is 34.9 Å². The number of aromatic nitrogens is 1. The lowest BCUT2D eigenvalue weighted by Crippen LogP contribution is -2.46. The Bertz CT molecular complexity index is 869. The molecular formula is C19H20N4O4. The van der Waals surface area contributed by atoms with Crippen molar-refractivity contribution in [3.05, 3.63) is 52.9 Å². The van der Waals surface area contributed by atoms with E-state index in [-0.39, 0.29) is 37.7 Å². The molecule has 1 aliphatic heterocycles. The first-order chi connectivity index (χ1) is 13.0. The number of nitrogens with zero attached hydrogens (tertiary/aromatic N) is 3. The summed E-state index contributed by atoms with van der Waals surface area (Å²) in [5, 5.41) is 25.3. The summed E-state index contributed by atoms with van der Waals surface area (Å²) < 4.78 is 5.06. The van der Waals surface area contributed by atoms with Crippen LogP contribution in [0, 0.1) is 18.3 Å². The third-order valence-corrected chi connectivity index (χ3v) is 4.45. The van der Waals surface area contributed by atoms with Crippen molar-refractivity contribution in [1.82, 2.24) is 15.4 Å². The van der Waals surface area contributed by atoms with Gasteiger partial charge in [0.2, 0.25) is 11.8 Å². The zero-order chi connectivity index (χ0) is 19.4. The lowest BCUT2D eigenvalue weighted by atomic mass is 10.1. The van der Waals surface area contributed by atoms with Crippen LogP contribution < -0.4 is 5.32 Å². The molecule has 2 atom stereocenters. The summed E-state index contributed by atoms with van der Waals surface area (Å²) in [5.41, 5.74) is 2.07. The zero-order valence-corrected chi connectivity index (χ0v) is 14.9. The van der Waals surface area contributed by atoms with Gasteiger partial charge in [-0.05, 0) is 24.6 Å². The van der Waals surface area contributed by atoms with Gasteiger partial charge in [-0.1, -0.05) is 17.3 Å². The predicted molar refractivity (Wildman–Crippen MR) is 94.1 cm³/mol. The van der Waals surface area contributed by atoms with E-state index in [1.807, 2.05) is 6.07 Å². The van der Waals surface area contributed by atoms with Gasteiger partial charge in [0.05, 0.1) is 29.9 Å². The molecule has 2 heterocycles. The summed E-state index contributed by atoms with van der Waals surface area (Å²) >= 11 is 0. The van der Waals surface area contributed by atoms with Crippen LogP contribution in [-0.2, 0) is 22.6 Å². The van der Waals surface area contributed by atoms with Crippen LogP contribution in [-0.4, -0.2) is 45.7 Å². The second-order valence-corrected chi connectivity index (χ2v) is 6.59. The summed E-state index contributed by atoms with van der Waals surface area (Å²) in [4.78, 5) is 26.5. The Morgan fingerprint density at radius 2 is 2.15 bits per heavy atom. The van der Waals surface area contributed by atoms with E-state index in [0.29, 0.717) is 17.0 Å². The number of nitriles is 1. The van der Waals surface area contributed by atoms with E-state index in [4.69, 9.17) is 9.78 Å². The molecule has 0 bridgehead atoms. The predicted octanol–water partition coefficient (Wildman–Crippen LogP) is 0.675. The molecule has 2 aromatic rings. The van der Waals surface area contributed by atoms with Crippen molar-refractivity contribution in [3.8, 4) is 6.07 Å². The number of aryl methyl sites for hydroxylation is 1. The molecule has 0 saturated carbocycles. The lowest BCUT2D eigenvalue weighted by Gasteiger charge is -2.23. The Kier molecular flexibility index (Phi) is 5.52. The molecule has 27 heavy (non-hydrogen) atoms. The number of carbonyl (C=O) groups is 2. The van der Waals surface area contributed by atoms with E-state index in [2.05, 4.69) is 10.5 Å². The molecule has 1 saturated heterocycles. The molecule has 1 fully saturated rings. The zero-order valence-electron chi connectivity index (χ0n) is 14.9. The molecule has 140 valence electrons. The van der Waals surface area contributed by atoms with Gasteiger partial charge >= 0.3 is 0 Å². The van der Waals surface area contributed by atoms with E-state index >= 15 is 0 Å². The van der Waals surface area contributed by atoms with Gasteiger partial charge in [-0.3, -0.25) is 9.59 Å². The summed E-state index contributed by atoms with van der Waals surface area (Å²) in [6.45, 7) is 2.15. The van der Waals surface area contributed by atoms with E-state index in [0.717, 1.165) is 5.56 Å². The normalized spacial score (nSPS) is 18.9. The Balaban J connectivity index is 1.61. The maximum absolute atomic E-state index is 12.6. The van der Waals surface area contributed by atoms with E-state index in [1.165, 1.54) is 4.90 Å². The minimum Gasteiger partial charge on any atom is -0.391 e. The molecule has 8 heteroatoms. The molecule has 0 radical (unpaired) electrons. The van der Waals surface area contributed by atoms with Gasteiger partial charge in [0.15, 0.2) is 0 Å². The Morgan fingerprint density at radius 3 is 2.78 bits per heavy atom. The first kappa shape index (κ1) is 18.6. The van der Waals surface area contributed by atoms with E-state index in [9.17, 15) is 14.7 Å². The molecule has 0 spiro atoms. The number of hydrogen-bond donors (Lipinski definition) is 2. The Hall–Kier alpha value is -3.18. The molecule has 0 unspecified atom stereocenters. The van der Waals surface area contributed by atoms with Crippen molar-refractivity contribution in [3.63, 3.8) is 0 Å². The van der Waals surface area contributed by atoms with Crippen molar-refractivity contribution in [2.45, 2.75) is 38.5 Å². The molecule has 2 amide bonds. The largest absolute Gasteiger partial charge is 0.391 e. The van der Waals surface area contributed by atoms with Crippen LogP contribution in [0.25, 0.3) is 0 Å². The molecule has 0 aliphatic carbocycles. The van der Waals surface area contributed by atoms with Crippen LogP contribution in [0.5, 0.6) is 0 Å². The van der Waals surface area contributed by atoms with Gasteiger partial charge in [-0.25, -0.2) is 0 Å². The van der Waals surface area contributed by atoms with Gasteiger partial charge in [0, 0.05) is 25.6 Å². The third kappa shape index (κ3) is 4.51. The van der Waals surface area contributed by atoms with Crippen molar-refractivity contribution >= 4 is 11.8 Å². The number of rotatable bonds is 5. The first-order valence-corrected chi connectivity index (χ1v) is 8.62. The van der Waals surface area contributed by atoms with Crippen molar-refractivity contribution in [2.24, 2.45) is 0 Å². The highest BCUT2D eigenvalue weighted by Gasteiger charge is 2.38. The maximum atomic E-state index is 12.6. The molecule has 8 nitrogen and oxygen atoms in total.